The normalized spacial score (nSPS) is 18.9. The number of benzene rings is 1. The average Bonchev–Trinajstić information content (AvgIpc) is 2.41. The first-order chi connectivity index (χ1) is 9.13. The molecule has 7 heteroatoms. The molecular formula is C12H12FNO4S. The minimum atomic E-state index is -0.733. The number of amides is 2. The van der Waals surface area contributed by atoms with Gasteiger partial charge in [-0.15, -0.1) is 0 Å². The molecule has 1 saturated heterocycles. The standard InChI is InChI=1S/C12H12FNO4S/c1-17-8-3-2-7(6-10(8)19-13)18-9-4-5-11(15)14-12(9)16/h2-3,6,9H,4-5H2,1H3,(H,14,15,16). The van der Waals surface area contributed by atoms with Crippen LogP contribution in [0.25, 0.3) is 0 Å². The third-order valence-corrected chi connectivity index (χ3v) is 3.17. The zero-order valence-corrected chi connectivity index (χ0v) is 11.0. The van der Waals surface area contributed by atoms with Crippen molar-refractivity contribution in [1.82, 2.24) is 5.32 Å². The van der Waals surface area contributed by atoms with Crippen molar-refractivity contribution in [2.75, 3.05) is 7.11 Å². The smallest absolute Gasteiger partial charge is 0.267 e. The maximum Gasteiger partial charge on any atom is 0.267 e. The molecule has 0 bridgehead atoms. The quantitative estimate of drug-likeness (QED) is 0.855. The highest BCUT2D eigenvalue weighted by Crippen LogP contribution is 2.33. The largest absolute Gasteiger partial charge is 0.495 e. The molecule has 2 amide bonds. The molecule has 1 aromatic rings. The van der Waals surface area contributed by atoms with E-state index in [0.717, 1.165) is 0 Å². The second kappa shape index (κ2) is 5.92. The van der Waals surface area contributed by atoms with Crippen molar-refractivity contribution in [2.45, 2.75) is 23.8 Å². The van der Waals surface area contributed by atoms with Gasteiger partial charge in [0, 0.05) is 18.9 Å². The SMILES string of the molecule is COc1ccc(OC2CCC(=O)NC2=O)cc1SF. The number of piperidine rings is 1. The lowest BCUT2D eigenvalue weighted by Gasteiger charge is -2.22. The Balaban J connectivity index is 2.11. The molecule has 0 spiro atoms. The second-order valence-electron chi connectivity index (χ2n) is 3.95. The van der Waals surface area contributed by atoms with Crippen molar-refractivity contribution in [3.8, 4) is 11.5 Å². The van der Waals surface area contributed by atoms with Gasteiger partial charge in [-0.1, -0.05) is 0 Å². The summed E-state index contributed by atoms with van der Waals surface area (Å²) in [5.41, 5.74) is 0. The van der Waals surface area contributed by atoms with E-state index in [9.17, 15) is 13.5 Å². The number of rotatable bonds is 4. The Morgan fingerprint density at radius 3 is 2.84 bits per heavy atom. The van der Waals surface area contributed by atoms with Crippen LogP contribution in [0.5, 0.6) is 11.5 Å². The number of imide groups is 1. The van der Waals surface area contributed by atoms with Gasteiger partial charge in [0.15, 0.2) is 6.10 Å². The minimum Gasteiger partial charge on any atom is -0.495 e. The molecule has 0 radical (unpaired) electrons. The lowest BCUT2D eigenvalue weighted by molar-refractivity contribution is -0.138. The van der Waals surface area contributed by atoms with E-state index in [1.165, 1.54) is 13.2 Å². The monoisotopic (exact) mass is 285 g/mol. The highest BCUT2D eigenvalue weighted by atomic mass is 32.2. The van der Waals surface area contributed by atoms with Gasteiger partial charge in [-0.3, -0.25) is 14.9 Å². The van der Waals surface area contributed by atoms with Crippen LogP contribution in [0.1, 0.15) is 12.8 Å². The summed E-state index contributed by atoms with van der Waals surface area (Å²) in [7, 11) is 1.44. The summed E-state index contributed by atoms with van der Waals surface area (Å²) in [6.45, 7) is 0. The van der Waals surface area contributed by atoms with Crippen molar-refractivity contribution < 1.29 is 22.9 Å². The van der Waals surface area contributed by atoms with Crippen LogP contribution in [-0.2, 0) is 9.59 Å². The Hall–Kier alpha value is -1.76. The van der Waals surface area contributed by atoms with Crippen LogP contribution in [0.4, 0.5) is 3.89 Å². The van der Waals surface area contributed by atoms with E-state index < -0.39 is 12.0 Å². The first kappa shape index (κ1) is 13.7. The second-order valence-corrected chi connectivity index (χ2v) is 4.54. The summed E-state index contributed by atoms with van der Waals surface area (Å²) in [6, 6.07) is 4.60. The molecule has 1 fully saturated rings. The maximum atomic E-state index is 12.7. The first-order valence-corrected chi connectivity index (χ1v) is 6.32. The molecule has 2 rings (SSSR count). The number of carbonyl (C=O) groups excluding carboxylic acids is 2. The van der Waals surface area contributed by atoms with Gasteiger partial charge in [-0.05, 0) is 12.1 Å². The number of halogens is 1. The van der Waals surface area contributed by atoms with E-state index in [-0.39, 0.29) is 29.4 Å². The van der Waals surface area contributed by atoms with Crippen molar-refractivity contribution >= 4 is 24.0 Å². The van der Waals surface area contributed by atoms with Crippen molar-refractivity contribution in [3.05, 3.63) is 18.2 Å². The molecule has 102 valence electrons. The molecule has 1 aliphatic rings. The average molecular weight is 285 g/mol. The number of ether oxygens (including phenoxy) is 2. The van der Waals surface area contributed by atoms with E-state index in [1.54, 1.807) is 12.1 Å². The van der Waals surface area contributed by atoms with Crippen LogP contribution in [0.3, 0.4) is 0 Å². The van der Waals surface area contributed by atoms with Gasteiger partial charge in [0.2, 0.25) is 5.91 Å². The van der Waals surface area contributed by atoms with Crippen LogP contribution >= 0.6 is 12.1 Å². The Morgan fingerprint density at radius 1 is 1.42 bits per heavy atom. The van der Waals surface area contributed by atoms with Crippen LogP contribution in [0, 0.1) is 0 Å². The zero-order chi connectivity index (χ0) is 13.8. The van der Waals surface area contributed by atoms with Crippen molar-refractivity contribution in [1.29, 1.82) is 0 Å². The summed E-state index contributed by atoms with van der Waals surface area (Å²) in [5.74, 6) is -0.0281. The Kier molecular flexibility index (Phi) is 4.26. The molecule has 1 N–H and O–H groups in total. The number of methoxy groups -OCH3 is 1. The summed E-state index contributed by atoms with van der Waals surface area (Å²) in [6.07, 6.45) is -0.185. The molecule has 0 aliphatic carbocycles. The van der Waals surface area contributed by atoms with Gasteiger partial charge in [-0.25, -0.2) is 0 Å². The molecule has 1 aromatic carbocycles. The summed E-state index contributed by atoms with van der Waals surface area (Å²) in [5, 5.41) is 2.19. The predicted octanol–water partition coefficient (Wildman–Crippen LogP) is 1.86. The van der Waals surface area contributed by atoms with Gasteiger partial charge in [-0.2, -0.15) is 3.89 Å². The Labute approximate surface area is 113 Å². The van der Waals surface area contributed by atoms with E-state index in [0.29, 0.717) is 17.9 Å². The molecular weight excluding hydrogens is 273 g/mol. The van der Waals surface area contributed by atoms with Crippen molar-refractivity contribution in [2.24, 2.45) is 0 Å². The number of nitrogens with one attached hydrogen (secondary N) is 1. The molecule has 5 nitrogen and oxygen atoms in total. The molecule has 1 unspecified atom stereocenters. The van der Waals surface area contributed by atoms with Crippen LogP contribution in [0.15, 0.2) is 23.1 Å². The summed E-state index contributed by atoms with van der Waals surface area (Å²) < 4.78 is 23.2. The zero-order valence-electron chi connectivity index (χ0n) is 10.1. The lowest BCUT2D eigenvalue weighted by atomic mass is 10.1. The van der Waals surface area contributed by atoms with Crippen molar-refractivity contribution in [3.63, 3.8) is 0 Å². The summed E-state index contributed by atoms with van der Waals surface area (Å²) >= 11 is 0.0377. The van der Waals surface area contributed by atoms with E-state index in [4.69, 9.17) is 9.47 Å². The third-order valence-electron chi connectivity index (χ3n) is 2.69. The molecule has 19 heavy (non-hydrogen) atoms. The molecule has 1 heterocycles. The van der Waals surface area contributed by atoms with Crippen LogP contribution in [-0.4, -0.2) is 25.0 Å². The van der Waals surface area contributed by atoms with Crippen LogP contribution < -0.4 is 14.8 Å². The topological polar surface area (TPSA) is 64.6 Å². The van der Waals surface area contributed by atoms with Gasteiger partial charge in [0.05, 0.1) is 24.2 Å². The van der Waals surface area contributed by atoms with Gasteiger partial charge < -0.3 is 9.47 Å². The van der Waals surface area contributed by atoms with Crippen LogP contribution in [0.2, 0.25) is 0 Å². The summed E-state index contributed by atoms with van der Waals surface area (Å²) in [4.78, 5) is 22.8. The molecule has 1 atom stereocenters. The predicted molar refractivity (Wildman–Crippen MR) is 66.8 cm³/mol. The lowest BCUT2D eigenvalue weighted by Crippen LogP contribution is -2.46. The fourth-order valence-electron chi connectivity index (χ4n) is 1.74. The maximum absolute atomic E-state index is 12.7. The van der Waals surface area contributed by atoms with E-state index in [1.807, 2.05) is 0 Å². The Bertz CT molecular complexity index is 509. The fourth-order valence-corrected chi connectivity index (χ4v) is 2.13. The fraction of sp³-hybridized carbons (Fsp3) is 0.333. The third kappa shape index (κ3) is 3.17. The number of hydrogen-bond donors (Lipinski definition) is 1. The van der Waals surface area contributed by atoms with Gasteiger partial charge in [0.1, 0.15) is 11.5 Å². The number of hydrogen-bond acceptors (Lipinski definition) is 5. The van der Waals surface area contributed by atoms with E-state index in [2.05, 4.69) is 5.32 Å². The highest BCUT2D eigenvalue weighted by molar-refractivity contribution is 7.94. The Morgan fingerprint density at radius 2 is 2.21 bits per heavy atom. The molecule has 0 aromatic heterocycles. The van der Waals surface area contributed by atoms with Gasteiger partial charge in [0.25, 0.3) is 5.91 Å². The molecule has 0 saturated carbocycles. The molecule has 1 aliphatic heterocycles. The minimum absolute atomic E-state index is 0.0377. The first-order valence-electron chi connectivity index (χ1n) is 5.61. The highest BCUT2D eigenvalue weighted by Gasteiger charge is 2.28. The van der Waals surface area contributed by atoms with Gasteiger partial charge >= 0.3 is 0 Å². The van der Waals surface area contributed by atoms with E-state index >= 15 is 0 Å². The number of carbonyl (C=O) groups is 2.